The van der Waals surface area contributed by atoms with E-state index in [1.54, 1.807) is 0 Å². The Bertz CT molecular complexity index is 622. The normalized spacial score (nSPS) is 15.7. The predicted molar refractivity (Wildman–Crippen MR) is 65.5 cm³/mol. The number of benzene rings is 1. The molecule has 1 aromatic carbocycles. The maximum absolute atomic E-state index is 13.4. The van der Waals surface area contributed by atoms with E-state index in [1.165, 1.54) is 6.07 Å². The lowest BCUT2D eigenvalue weighted by atomic mass is 9.85. The van der Waals surface area contributed by atoms with Crippen LogP contribution < -0.4 is 5.32 Å². The summed E-state index contributed by atoms with van der Waals surface area (Å²) in [6.07, 6.45) is 2.84. The standard InChI is InChI=1S/C12H10F2N2OS/c13-7-4-8(14)10-9(5-7)18-12(15-10)16-11(17)6-2-1-3-6/h4-6H,1-3H2,(H,15,16,17). The van der Waals surface area contributed by atoms with Crippen LogP contribution in [0.5, 0.6) is 0 Å². The van der Waals surface area contributed by atoms with Crippen molar-refractivity contribution in [1.29, 1.82) is 0 Å². The lowest BCUT2D eigenvalue weighted by molar-refractivity contribution is -0.122. The molecule has 1 heterocycles. The molecule has 1 aliphatic carbocycles. The summed E-state index contributed by atoms with van der Waals surface area (Å²) < 4.78 is 26.8. The van der Waals surface area contributed by atoms with Crippen LogP contribution in [0, 0.1) is 17.6 Å². The minimum Gasteiger partial charge on any atom is -0.302 e. The van der Waals surface area contributed by atoms with E-state index < -0.39 is 11.6 Å². The zero-order valence-electron chi connectivity index (χ0n) is 9.37. The lowest BCUT2D eigenvalue weighted by Crippen LogP contribution is -2.27. The van der Waals surface area contributed by atoms with Crippen LogP contribution in [-0.2, 0) is 4.79 Å². The van der Waals surface area contributed by atoms with Gasteiger partial charge < -0.3 is 5.32 Å². The second-order valence-corrected chi connectivity index (χ2v) is 5.40. The molecule has 0 spiro atoms. The average Bonchev–Trinajstić information content (AvgIpc) is 2.57. The molecule has 0 saturated heterocycles. The molecular weight excluding hydrogens is 258 g/mol. The molecule has 94 valence electrons. The van der Waals surface area contributed by atoms with Gasteiger partial charge in [0.05, 0.1) is 4.70 Å². The molecule has 0 radical (unpaired) electrons. The van der Waals surface area contributed by atoms with Crippen molar-refractivity contribution >= 4 is 32.6 Å². The maximum Gasteiger partial charge on any atom is 0.229 e. The summed E-state index contributed by atoms with van der Waals surface area (Å²) in [5, 5.41) is 2.98. The number of nitrogens with one attached hydrogen (secondary N) is 1. The number of aromatic nitrogens is 1. The highest BCUT2D eigenvalue weighted by Gasteiger charge is 2.26. The number of carbonyl (C=O) groups excluding carboxylic acids is 1. The fourth-order valence-corrected chi connectivity index (χ4v) is 2.80. The molecular formula is C12H10F2N2OS. The number of halogens is 2. The third-order valence-electron chi connectivity index (χ3n) is 3.12. The Balaban J connectivity index is 1.88. The Labute approximate surface area is 106 Å². The van der Waals surface area contributed by atoms with Crippen LogP contribution in [0.25, 0.3) is 10.2 Å². The van der Waals surface area contributed by atoms with Gasteiger partial charge in [0.15, 0.2) is 10.9 Å². The molecule has 0 bridgehead atoms. The first kappa shape index (κ1) is 11.5. The summed E-state index contributed by atoms with van der Waals surface area (Å²) in [5.74, 6) is -1.38. The summed E-state index contributed by atoms with van der Waals surface area (Å²) >= 11 is 1.08. The van der Waals surface area contributed by atoms with Crippen LogP contribution in [0.2, 0.25) is 0 Å². The molecule has 1 aliphatic rings. The molecule has 0 unspecified atom stereocenters. The van der Waals surface area contributed by atoms with E-state index >= 15 is 0 Å². The number of hydrogen-bond donors (Lipinski definition) is 1. The third kappa shape index (κ3) is 1.96. The monoisotopic (exact) mass is 268 g/mol. The number of fused-ring (bicyclic) bond motifs is 1. The first-order valence-corrected chi connectivity index (χ1v) is 6.51. The first-order chi connectivity index (χ1) is 8.63. The van der Waals surface area contributed by atoms with Gasteiger partial charge in [0.1, 0.15) is 11.3 Å². The summed E-state index contributed by atoms with van der Waals surface area (Å²) in [7, 11) is 0. The molecule has 0 atom stereocenters. The van der Waals surface area contributed by atoms with Crippen molar-refractivity contribution in [2.75, 3.05) is 5.32 Å². The highest BCUT2D eigenvalue weighted by Crippen LogP contribution is 2.31. The fourth-order valence-electron chi connectivity index (χ4n) is 1.89. The number of thiazole rings is 1. The fraction of sp³-hybridized carbons (Fsp3) is 0.333. The number of carbonyl (C=O) groups is 1. The maximum atomic E-state index is 13.4. The number of rotatable bonds is 2. The number of nitrogens with zero attached hydrogens (tertiary/aromatic N) is 1. The van der Waals surface area contributed by atoms with E-state index in [4.69, 9.17) is 0 Å². The molecule has 1 fully saturated rings. The quantitative estimate of drug-likeness (QED) is 0.907. The Morgan fingerprint density at radius 2 is 2.17 bits per heavy atom. The van der Waals surface area contributed by atoms with Crippen LogP contribution in [-0.4, -0.2) is 10.9 Å². The highest BCUT2D eigenvalue weighted by atomic mass is 32.1. The Kier molecular flexibility index (Phi) is 2.74. The summed E-state index contributed by atoms with van der Waals surface area (Å²) in [6, 6.07) is 2.01. The second-order valence-electron chi connectivity index (χ2n) is 4.37. The van der Waals surface area contributed by atoms with Crippen LogP contribution in [0.4, 0.5) is 13.9 Å². The smallest absolute Gasteiger partial charge is 0.229 e. The molecule has 1 N–H and O–H groups in total. The molecule has 2 aromatic rings. The zero-order valence-corrected chi connectivity index (χ0v) is 10.2. The van der Waals surface area contributed by atoms with Gasteiger partial charge in [-0.05, 0) is 18.9 Å². The minimum absolute atomic E-state index is 0.0404. The van der Waals surface area contributed by atoms with Crippen molar-refractivity contribution in [2.24, 2.45) is 5.92 Å². The van der Waals surface area contributed by atoms with Gasteiger partial charge in [-0.15, -0.1) is 0 Å². The minimum atomic E-state index is -0.703. The van der Waals surface area contributed by atoms with Crippen molar-refractivity contribution in [3.63, 3.8) is 0 Å². The van der Waals surface area contributed by atoms with Gasteiger partial charge in [0, 0.05) is 12.0 Å². The van der Waals surface area contributed by atoms with Crippen molar-refractivity contribution in [2.45, 2.75) is 19.3 Å². The van der Waals surface area contributed by atoms with Gasteiger partial charge in [0.25, 0.3) is 0 Å². The van der Waals surface area contributed by atoms with Crippen molar-refractivity contribution < 1.29 is 13.6 Å². The lowest BCUT2D eigenvalue weighted by Gasteiger charge is -2.23. The Morgan fingerprint density at radius 1 is 1.39 bits per heavy atom. The topological polar surface area (TPSA) is 42.0 Å². The van der Waals surface area contributed by atoms with E-state index in [0.29, 0.717) is 9.83 Å². The van der Waals surface area contributed by atoms with Crippen molar-refractivity contribution in [3.8, 4) is 0 Å². The molecule has 0 aliphatic heterocycles. The Morgan fingerprint density at radius 3 is 2.83 bits per heavy atom. The summed E-state index contributed by atoms with van der Waals surface area (Å²) in [6.45, 7) is 0. The molecule has 1 saturated carbocycles. The van der Waals surface area contributed by atoms with E-state index in [1.807, 2.05) is 0 Å². The zero-order chi connectivity index (χ0) is 12.7. The highest BCUT2D eigenvalue weighted by molar-refractivity contribution is 7.22. The molecule has 1 aromatic heterocycles. The van der Waals surface area contributed by atoms with Gasteiger partial charge in [-0.1, -0.05) is 17.8 Å². The molecule has 1 amide bonds. The average molecular weight is 268 g/mol. The number of anilines is 1. The van der Waals surface area contributed by atoms with Crippen LogP contribution in [0.15, 0.2) is 12.1 Å². The SMILES string of the molecule is O=C(Nc1nc2c(F)cc(F)cc2s1)C1CCC1. The van der Waals surface area contributed by atoms with E-state index in [-0.39, 0.29) is 17.3 Å². The van der Waals surface area contributed by atoms with Crippen LogP contribution >= 0.6 is 11.3 Å². The van der Waals surface area contributed by atoms with Gasteiger partial charge in [0.2, 0.25) is 5.91 Å². The van der Waals surface area contributed by atoms with Crippen molar-refractivity contribution in [3.05, 3.63) is 23.8 Å². The van der Waals surface area contributed by atoms with Gasteiger partial charge >= 0.3 is 0 Å². The molecule has 18 heavy (non-hydrogen) atoms. The second kappa shape index (κ2) is 4.28. The van der Waals surface area contributed by atoms with Gasteiger partial charge in [-0.25, -0.2) is 13.8 Å². The number of amides is 1. The third-order valence-corrected chi connectivity index (χ3v) is 4.04. The van der Waals surface area contributed by atoms with E-state index in [2.05, 4.69) is 10.3 Å². The molecule has 6 heteroatoms. The van der Waals surface area contributed by atoms with E-state index in [0.717, 1.165) is 36.7 Å². The van der Waals surface area contributed by atoms with Crippen LogP contribution in [0.3, 0.4) is 0 Å². The van der Waals surface area contributed by atoms with Crippen LogP contribution in [0.1, 0.15) is 19.3 Å². The van der Waals surface area contributed by atoms with Gasteiger partial charge in [-0.3, -0.25) is 4.79 Å². The summed E-state index contributed by atoms with van der Waals surface area (Å²) in [5.41, 5.74) is 0.102. The summed E-state index contributed by atoms with van der Waals surface area (Å²) in [4.78, 5) is 15.7. The first-order valence-electron chi connectivity index (χ1n) is 5.70. The van der Waals surface area contributed by atoms with E-state index in [9.17, 15) is 13.6 Å². The predicted octanol–water partition coefficient (Wildman–Crippen LogP) is 3.31. The molecule has 3 nitrogen and oxygen atoms in total. The largest absolute Gasteiger partial charge is 0.302 e. The van der Waals surface area contributed by atoms with Gasteiger partial charge in [-0.2, -0.15) is 0 Å². The molecule has 3 rings (SSSR count). The van der Waals surface area contributed by atoms with Crippen molar-refractivity contribution in [1.82, 2.24) is 4.98 Å². The number of hydrogen-bond acceptors (Lipinski definition) is 3. The Hall–Kier alpha value is -1.56.